The summed E-state index contributed by atoms with van der Waals surface area (Å²) < 4.78 is 23.4. The van der Waals surface area contributed by atoms with Gasteiger partial charge < -0.3 is 9.47 Å². The third-order valence-electron chi connectivity index (χ3n) is 3.07. The Bertz CT molecular complexity index is 772. The van der Waals surface area contributed by atoms with Crippen LogP contribution in [-0.2, 0) is 14.3 Å². The molecule has 1 saturated heterocycles. The van der Waals surface area contributed by atoms with Crippen LogP contribution >= 0.6 is 11.3 Å². The summed E-state index contributed by atoms with van der Waals surface area (Å²) >= 11 is 1.14. The van der Waals surface area contributed by atoms with Crippen molar-refractivity contribution in [2.75, 3.05) is 19.8 Å². The third-order valence-corrected chi connectivity index (χ3v) is 4.16. The molecule has 8 heteroatoms. The van der Waals surface area contributed by atoms with Crippen molar-refractivity contribution < 1.29 is 28.2 Å². The molecule has 0 saturated carbocycles. The molecule has 0 N–H and O–H groups in total. The molecule has 0 radical (unpaired) electrons. The monoisotopic (exact) mass is 323 g/mol. The molecule has 1 aliphatic rings. The average molecular weight is 323 g/mol. The Morgan fingerprint density at radius 3 is 2.91 bits per heavy atom. The van der Waals surface area contributed by atoms with Crippen LogP contribution in [0.2, 0.25) is 0 Å². The number of ether oxygens (including phenoxy) is 2. The molecule has 114 valence electrons. The Labute approximate surface area is 128 Å². The van der Waals surface area contributed by atoms with E-state index in [9.17, 15) is 18.8 Å². The van der Waals surface area contributed by atoms with Gasteiger partial charge in [0.1, 0.15) is 17.3 Å². The SMILES string of the molecule is O=C(OCC(=O)N1CCOC1=O)c1cc2cc(F)ccc2s1. The van der Waals surface area contributed by atoms with Crippen molar-refractivity contribution in [1.29, 1.82) is 0 Å². The van der Waals surface area contributed by atoms with Crippen LogP contribution in [0.3, 0.4) is 0 Å². The van der Waals surface area contributed by atoms with Gasteiger partial charge in [-0.3, -0.25) is 4.79 Å². The zero-order valence-corrected chi connectivity index (χ0v) is 12.0. The number of fused-ring (bicyclic) bond motifs is 1. The Balaban J connectivity index is 1.65. The number of carbonyl (C=O) groups is 3. The molecule has 2 amide bonds. The minimum atomic E-state index is -0.738. The summed E-state index contributed by atoms with van der Waals surface area (Å²) in [6.07, 6.45) is -0.738. The first kappa shape index (κ1) is 14.5. The van der Waals surface area contributed by atoms with Crippen LogP contribution < -0.4 is 0 Å². The smallest absolute Gasteiger partial charge is 0.416 e. The molecule has 3 rings (SSSR count). The van der Waals surface area contributed by atoms with Crippen molar-refractivity contribution in [1.82, 2.24) is 4.90 Å². The molecule has 1 fully saturated rings. The quantitative estimate of drug-likeness (QED) is 0.810. The zero-order valence-electron chi connectivity index (χ0n) is 11.2. The summed E-state index contributed by atoms with van der Waals surface area (Å²) in [4.78, 5) is 36.0. The van der Waals surface area contributed by atoms with E-state index >= 15 is 0 Å². The molecule has 0 atom stereocenters. The van der Waals surface area contributed by atoms with Gasteiger partial charge in [-0.1, -0.05) is 0 Å². The number of esters is 1. The van der Waals surface area contributed by atoms with Gasteiger partial charge in [0.2, 0.25) is 0 Å². The average Bonchev–Trinajstić information content (AvgIpc) is 3.09. The van der Waals surface area contributed by atoms with Crippen LogP contribution in [0.5, 0.6) is 0 Å². The highest BCUT2D eigenvalue weighted by molar-refractivity contribution is 7.20. The van der Waals surface area contributed by atoms with E-state index in [0.29, 0.717) is 5.39 Å². The number of nitrogens with zero attached hydrogens (tertiary/aromatic N) is 1. The number of imide groups is 1. The zero-order chi connectivity index (χ0) is 15.7. The van der Waals surface area contributed by atoms with Gasteiger partial charge in [-0.15, -0.1) is 11.3 Å². The van der Waals surface area contributed by atoms with Crippen molar-refractivity contribution in [3.8, 4) is 0 Å². The van der Waals surface area contributed by atoms with Crippen molar-refractivity contribution in [3.05, 3.63) is 35.0 Å². The van der Waals surface area contributed by atoms with Crippen LogP contribution in [0.15, 0.2) is 24.3 Å². The number of rotatable bonds is 3. The Kier molecular flexibility index (Phi) is 3.76. The summed E-state index contributed by atoms with van der Waals surface area (Å²) in [6.45, 7) is -0.256. The fraction of sp³-hybridized carbons (Fsp3) is 0.214. The van der Waals surface area contributed by atoms with E-state index in [0.717, 1.165) is 20.9 Å². The van der Waals surface area contributed by atoms with Gasteiger partial charge >= 0.3 is 12.1 Å². The largest absolute Gasteiger partial charge is 0.451 e. The highest BCUT2D eigenvalue weighted by atomic mass is 32.1. The van der Waals surface area contributed by atoms with Gasteiger partial charge in [-0.05, 0) is 29.7 Å². The molecule has 0 spiro atoms. The van der Waals surface area contributed by atoms with E-state index in [1.54, 1.807) is 6.07 Å². The first-order valence-corrected chi connectivity index (χ1v) is 7.19. The molecular formula is C14H10FNO5S. The summed E-state index contributed by atoms with van der Waals surface area (Å²) in [5, 5.41) is 0.589. The Morgan fingerprint density at radius 1 is 1.36 bits per heavy atom. The molecule has 6 nitrogen and oxygen atoms in total. The first-order valence-electron chi connectivity index (χ1n) is 6.38. The lowest BCUT2D eigenvalue weighted by atomic mass is 10.2. The van der Waals surface area contributed by atoms with Crippen LogP contribution in [0.1, 0.15) is 9.67 Å². The maximum absolute atomic E-state index is 13.1. The van der Waals surface area contributed by atoms with Crippen LogP contribution in [-0.4, -0.2) is 42.6 Å². The molecule has 1 aromatic carbocycles. The van der Waals surface area contributed by atoms with Gasteiger partial charge in [-0.2, -0.15) is 0 Å². The fourth-order valence-corrected chi connectivity index (χ4v) is 2.95. The molecule has 0 unspecified atom stereocenters. The van der Waals surface area contributed by atoms with Gasteiger partial charge in [0.05, 0.1) is 6.54 Å². The molecule has 0 bridgehead atoms. The molecule has 22 heavy (non-hydrogen) atoms. The predicted molar refractivity (Wildman–Crippen MR) is 75.1 cm³/mol. The second kappa shape index (κ2) is 5.72. The second-order valence-corrected chi connectivity index (χ2v) is 5.61. The third kappa shape index (κ3) is 2.77. The highest BCUT2D eigenvalue weighted by Crippen LogP contribution is 2.26. The highest BCUT2D eigenvalue weighted by Gasteiger charge is 2.29. The standard InChI is InChI=1S/C14H10FNO5S/c15-9-1-2-10-8(5-9)6-11(22-10)13(18)21-7-12(17)16-3-4-20-14(16)19/h1-2,5-6H,3-4,7H2. The van der Waals surface area contributed by atoms with Crippen molar-refractivity contribution in [3.63, 3.8) is 0 Å². The van der Waals surface area contributed by atoms with E-state index in [1.165, 1.54) is 18.2 Å². The number of thiophene rings is 1. The number of carbonyl (C=O) groups excluding carboxylic acids is 3. The summed E-state index contributed by atoms with van der Waals surface area (Å²) in [7, 11) is 0. The Hall–Kier alpha value is -2.48. The van der Waals surface area contributed by atoms with Crippen molar-refractivity contribution >= 4 is 39.4 Å². The van der Waals surface area contributed by atoms with Gasteiger partial charge in [0.15, 0.2) is 6.61 Å². The van der Waals surface area contributed by atoms with Crippen LogP contribution in [0.25, 0.3) is 10.1 Å². The van der Waals surface area contributed by atoms with E-state index in [1.807, 2.05) is 0 Å². The van der Waals surface area contributed by atoms with Crippen molar-refractivity contribution in [2.45, 2.75) is 0 Å². The van der Waals surface area contributed by atoms with E-state index < -0.39 is 30.4 Å². The topological polar surface area (TPSA) is 72.9 Å². The maximum Gasteiger partial charge on any atom is 0.416 e. The van der Waals surface area contributed by atoms with Crippen LogP contribution in [0.4, 0.5) is 9.18 Å². The van der Waals surface area contributed by atoms with Crippen molar-refractivity contribution in [2.24, 2.45) is 0 Å². The number of hydrogen-bond donors (Lipinski definition) is 0. The molecule has 0 aliphatic carbocycles. The van der Waals surface area contributed by atoms with E-state index in [-0.39, 0.29) is 18.0 Å². The minimum Gasteiger partial charge on any atom is -0.451 e. The normalized spacial score (nSPS) is 14.2. The number of halogens is 1. The molecule has 2 heterocycles. The van der Waals surface area contributed by atoms with E-state index in [4.69, 9.17) is 4.74 Å². The lowest BCUT2D eigenvalue weighted by Crippen LogP contribution is -2.35. The predicted octanol–water partition coefficient (Wildman–Crippen LogP) is 2.18. The number of benzene rings is 1. The molecular weight excluding hydrogens is 313 g/mol. The summed E-state index contributed by atoms with van der Waals surface area (Å²) in [5.41, 5.74) is 0. The Morgan fingerprint density at radius 2 is 2.18 bits per heavy atom. The van der Waals surface area contributed by atoms with Gasteiger partial charge in [0.25, 0.3) is 5.91 Å². The molecule has 2 aromatic rings. The lowest BCUT2D eigenvalue weighted by molar-refractivity contribution is -0.131. The minimum absolute atomic E-state index is 0.139. The summed E-state index contributed by atoms with van der Waals surface area (Å²) in [5.74, 6) is -1.72. The van der Waals surface area contributed by atoms with Gasteiger partial charge in [0, 0.05) is 4.70 Å². The molecule has 1 aromatic heterocycles. The first-order chi connectivity index (χ1) is 10.5. The number of hydrogen-bond acceptors (Lipinski definition) is 6. The van der Waals surface area contributed by atoms with Gasteiger partial charge in [-0.25, -0.2) is 18.9 Å². The van der Waals surface area contributed by atoms with E-state index in [2.05, 4.69) is 4.74 Å². The number of amides is 2. The summed E-state index contributed by atoms with van der Waals surface area (Å²) in [6, 6.07) is 5.68. The molecule has 1 aliphatic heterocycles. The maximum atomic E-state index is 13.1. The number of cyclic esters (lactones) is 1. The lowest BCUT2D eigenvalue weighted by Gasteiger charge is -2.10. The fourth-order valence-electron chi connectivity index (χ4n) is 2.01. The van der Waals surface area contributed by atoms with Crippen LogP contribution in [0, 0.1) is 5.82 Å². The second-order valence-electron chi connectivity index (χ2n) is 4.53.